The lowest BCUT2D eigenvalue weighted by Gasteiger charge is -2.12. The normalized spacial score (nSPS) is 12.9. The number of hydrogen-bond donors (Lipinski definition) is 1. The molecule has 4 nitrogen and oxygen atoms in total. The van der Waals surface area contributed by atoms with Gasteiger partial charge < -0.3 is 5.32 Å². The van der Waals surface area contributed by atoms with Crippen LogP contribution in [0.25, 0.3) is 0 Å². The van der Waals surface area contributed by atoms with Gasteiger partial charge in [0.05, 0.1) is 10.6 Å². The highest BCUT2D eigenvalue weighted by molar-refractivity contribution is 7.91. The van der Waals surface area contributed by atoms with E-state index in [2.05, 4.69) is 5.32 Å². The largest absolute Gasteiger partial charge is 0.354 e. The maximum atomic E-state index is 12.0. The van der Waals surface area contributed by atoms with Crippen LogP contribution in [-0.2, 0) is 14.6 Å². The van der Waals surface area contributed by atoms with Crippen LogP contribution in [0.4, 0.5) is 0 Å². The SMILES string of the molecule is CCCC(C)NC(=O)CCS(=O)(=O)c1ccc(Cl)cc1. The van der Waals surface area contributed by atoms with Crippen molar-refractivity contribution < 1.29 is 13.2 Å². The molecule has 1 unspecified atom stereocenters. The molecule has 0 fully saturated rings. The molecule has 20 heavy (non-hydrogen) atoms. The molecule has 0 heterocycles. The predicted molar refractivity (Wildman–Crippen MR) is 80.6 cm³/mol. The van der Waals surface area contributed by atoms with E-state index in [0.29, 0.717) is 5.02 Å². The predicted octanol–water partition coefficient (Wildman–Crippen LogP) is 2.81. The molecule has 0 saturated carbocycles. The Balaban J connectivity index is 2.55. The van der Waals surface area contributed by atoms with Crippen molar-refractivity contribution in [2.24, 2.45) is 0 Å². The van der Waals surface area contributed by atoms with Crippen molar-refractivity contribution in [1.29, 1.82) is 0 Å². The Hall–Kier alpha value is -1.07. The van der Waals surface area contributed by atoms with Crippen LogP contribution < -0.4 is 5.32 Å². The fourth-order valence-corrected chi connectivity index (χ4v) is 3.21. The molecule has 0 aliphatic heterocycles. The number of rotatable bonds is 7. The summed E-state index contributed by atoms with van der Waals surface area (Å²) >= 11 is 5.72. The van der Waals surface area contributed by atoms with Gasteiger partial charge >= 0.3 is 0 Å². The third kappa shape index (κ3) is 5.51. The maximum Gasteiger partial charge on any atom is 0.221 e. The maximum absolute atomic E-state index is 12.0. The smallest absolute Gasteiger partial charge is 0.221 e. The average Bonchev–Trinajstić information content (AvgIpc) is 2.37. The first-order valence-corrected chi connectivity index (χ1v) is 8.66. The van der Waals surface area contributed by atoms with E-state index in [0.717, 1.165) is 12.8 Å². The van der Waals surface area contributed by atoms with Gasteiger partial charge in [-0.25, -0.2) is 8.42 Å². The Kier molecular flexibility index (Phi) is 6.49. The summed E-state index contributed by atoms with van der Waals surface area (Å²) in [6.45, 7) is 3.95. The van der Waals surface area contributed by atoms with Gasteiger partial charge in [-0.05, 0) is 37.6 Å². The van der Waals surface area contributed by atoms with Crippen molar-refractivity contribution in [3.63, 3.8) is 0 Å². The molecule has 1 aromatic rings. The molecule has 0 saturated heterocycles. The van der Waals surface area contributed by atoms with E-state index >= 15 is 0 Å². The summed E-state index contributed by atoms with van der Waals surface area (Å²) in [5.74, 6) is -0.428. The summed E-state index contributed by atoms with van der Waals surface area (Å²) in [4.78, 5) is 11.9. The number of amides is 1. The Morgan fingerprint density at radius 3 is 2.45 bits per heavy atom. The average molecular weight is 318 g/mol. The van der Waals surface area contributed by atoms with Crippen LogP contribution in [0, 0.1) is 0 Å². The molecular formula is C14H20ClNO3S. The van der Waals surface area contributed by atoms with Crippen LogP contribution >= 0.6 is 11.6 Å². The van der Waals surface area contributed by atoms with E-state index in [1.807, 2.05) is 13.8 Å². The van der Waals surface area contributed by atoms with Crippen molar-refractivity contribution in [2.45, 2.75) is 44.0 Å². The first kappa shape index (κ1) is 17.0. The van der Waals surface area contributed by atoms with Crippen LogP contribution in [0.2, 0.25) is 5.02 Å². The van der Waals surface area contributed by atoms with Crippen LogP contribution in [0.5, 0.6) is 0 Å². The minimum Gasteiger partial charge on any atom is -0.354 e. The quantitative estimate of drug-likeness (QED) is 0.841. The van der Waals surface area contributed by atoms with E-state index in [-0.39, 0.29) is 29.0 Å². The molecule has 1 atom stereocenters. The fourth-order valence-electron chi connectivity index (χ4n) is 1.84. The fraction of sp³-hybridized carbons (Fsp3) is 0.500. The van der Waals surface area contributed by atoms with Gasteiger partial charge in [0.1, 0.15) is 0 Å². The molecular weight excluding hydrogens is 298 g/mol. The van der Waals surface area contributed by atoms with Gasteiger partial charge in [0.25, 0.3) is 0 Å². The van der Waals surface area contributed by atoms with Gasteiger partial charge in [-0.3, -0.25) is 4.79 Å². The van der Waals surface area contributed by atoms with Gasteiger partial charge in [0, 0.05) is 17.5 Å². The van der Waals surface area contributed by atoms with Gasteiger partial charge in [-0.15, -0.1) is 0 Å². The topological polar surface area (TPSA) is 63.2 Å². The first-order valence-electron chi connectivity index (χ1n) is 6.63. The number of hydrogen-bond acceptors (Lipinski definition) is 3. The molecule has 0 aliphatic rings. The third-order valence-electron chi connectivity index (χ3n) is 2.90. The van der Waals surface area contributed by atoms with Crippen molar-refractivity contribution in [2.75, 3.05) is 5.75 Å². The monoisotopic (exact) mass is 317 g/mol. The van der Waals surface area contributed by atoms with Crippen LogP contribution in [-0.4, -0.2) is 26.1 Å². The van der Waals surface area contributed by atoms with Crippen LogP contribution in [0.15, 0.2) is 29.2 Å². The van der Waals surface area contributed by atoms with Crippen molar-refractivity contribution in [3.05, 3.63) is 29.3 Å². The summed E-state index contributed by atoms with van der Waals surface area (Å²) in [7, 11) is -3.44. The molecule has 1 rings (SSSR count). The highest BCUT2D eigenvalue weighted by Crippen LogP contribution is 2.16. The van der Waals surface area contributed by atoms with Crippen molar-refractivity contribution in [1.82, 2.24) is 5.32 Å². The zero-order chi connectivity index (χ0) is 15.2. The Morgan fingerprint density at radius 2 is 1.90 bits per heavy atom. The molecule has 0 aromatic heterocycles. The lowest BCUT2D eigenvalue weighted by molar-refractivity contribution is -0.121. The molecule has 0 radical (unpaired) electrons. The summed E-state index contributed by atoms with van der Waals surface area (Å²) < 4.78 is 24.1. The van der Waals surface area contributed by atoms with Crippen LogP contribution in [0.1, 0.15) is 33.1 Å². The van der Waals surface area contributed by atoms with E-state index in [1.165, 1.54) is 24.3 Å². The van der Waals surface area contributed by atoms with Crippen molar-refractivity contribution >= 4 is 27.3 Å². The zero-order valence-electron chi connectivity index (χ0n) is 11.7. The molecule has 1 amide bonds. The standard InChI is InChI=1S/C14H20ClNO3S/c1-3-4-11(2)16-14(17)9-10-20(18,19)13-7-5-12(15)6-8-13/h5-8,11H,3-4,9-10H2,1-2H3,(H,16,17). The Morgan fingerprint density at radius 1 is 1.30 bits per heavy atom. The molecule has 0 bridgehead atoms. The molecule has 1 N–H and O–H groups in total. The number of carbonyl (C=O) groups is 1. The summed E-state index contributed by atoms with van der Waals surface area (Å²) in [6, 6.07) is 6.03. The van der Waals surface area contributed by atoms with E-state index in [1.54, 1.807) is 0 Å². The molecule has 112 valence electrons. The number of halogens is 1. The molecule has 0 aliphatic carbocycles. The van der Waals surface area contributed by atoms with Gasteiger partial charge in [-0.1, -0.05) is 24.9 Å². The minimum atomic E-state index is -3.44. The summed E-state index contributed by atoms with van der Waals surface area (Å²) in [6.07, 6.45) is 1.83. The first-order chi connectivity index (χ1) is 9.35. The highest BCUT2D eigenvalue weighted by atomic mass is 35.5. The Labute approximate surface area is 125 Å². The lowest BCUT2D eigenvalue weighted by Crippen LogP contribution is -2.33. The molecule has 1 aromatic carbocycles. The van der Waals surface area contributed by atoms with Crippen LogP contribution in [0.3, 0.4) is 0 Å². The zero-order valence-corrected chi connectivity index (χ0v) is 13.3. The number of benzene rings is 1. The van der Waals surface area contributed by atoms with E-state index in [4.69, 9.17) is 11.6 Å². The number of carbonyl (C=O) groups excluding carboxylic acids is 1. The van der Waals surface area contributed by atoms with Gasteiger partial charge in [0.15, 0.2) is 9.84 Å². The second-order valence-corrected chi connectivity index (χ2v) is 7.33. The Bertz CT molecular complexity index is 540. The second-order valence-electron chi connectivity index (χ2n) is 4.78. The molecule has 6 heteroatoms. The number of sulfone groups is 1. The van der Waals surface area contributed by atoms with Gasteiger partial charge in [0.2, 0.25) is 5.91 Å². The molecule has 0 spiro atoms. The van der Waals surface area contributed by atoms with E-state index in [9.17, 15) is 13.2 Å². The minimum absolute atomic E-state index is 0.0288. The second kappa shape index (κ2) is 7.64. The van der Waals surface area contributed by atoms with Gasteiger partial charge in [-0.2, -0.15) is 0 Å². The summed E-state index contributed by atoms with van der Waals surface area (Å²) in [5, 5.41) is 3.27. The van der Waals surface area contributed by atoms with E-state index < -0.39 is 9.84 Å². The third-order valence-corrected chi connectivity index (χ3v) is 4.88. The highest BCUT2D eigenvalue weighted by Gasteiger charge is 2.17. The summed E-state index contributed by atoms with van der Waals surface area (Å²) in [5.41, 5.74) is 0. The van der Waals surface area contributed by atoms with Crippen molar-refractivity contribution in [3.8, 4) is 0 Å². The number of nitrogens with one attached hydrogen (secondary N) is 1. The lowest BCUT2D eigenvalue weighted by atomic mass is 10.2.